The van der Waals surface area contributed by atoms with Crippen molar-refractivity contribution in [3.8, 4) is 0 Å². The van der Waals surface area contributed by atoms with Crippen LogP contribution in [0.4, 0.5) is 5.69 Å². The lowest BCUT2D eigenvalue weighted by molar-refractivity contribution is -0.384. The van der Waals surface area contributed by atoms with E-state index in [1.807, 2.05) is 30.3 Å². The quantitative estimate of drug-likeness (QED) is 0.454. The smallest absolute Gasteiger partial charge is 0.270 e. The number of hydrogen-bond donors (Lipinski definition) is 0. The minimum absolute atomic E-state index is 0.0718. The number of carbonyl (C=O) groups is 3. The van der Waals surface area contributed by atoms with Gasteiger partial charge in [0.05, 0.1) is 4.92 Å². The van der Waals surface area contributed by atoms with Gasteiger partial charge in [0.1, 0.15) is 13.1 Å². The average Bonchev–Trinajstić information content (AvgIpc) is 2.67. The largest absolute Gasteiger partial charge is 0.320 e. The standard InChI is InChI=1S/C19H17N3O5/c23-17-12-20(19(25)15-7-4-8-16(11-15)22(26)27)13-18(24)21(17)10-9-14-5-2-1-3-6-14/h1-8,11H,9-10,12-13H2. The zero-order valence-corrected chi connectivity index (χ0v) is 14.4. The number of benzene rings is 2. The molecular weight excluding hydrogens is 350 g/mol. The summed E-state index contributed by atoms with van der Waals surface area (Å²) in [7, 11) is 0. The number of piperazine rings is 1. The molecule has 8 heteroatoms. The van der Waals surface area contributed by atoms with E-state index in [0.29, 0.717) is 6.42 Å². The minimum Gasteiger partial charge on any atom is -0.320 e. The number of nitro groups is 1. The predicted molar refractivity (Wildman–Crippen MR) is 95.9 cm³/mol. The van der Waals surface area contributed by atoms with Crippen LogP contribution in [0.5, 0.6) is 0 Å². The van der Waals surface area contributed by atoms with Crippen LogP contribution in [0.1, 0.15) is 15.9 Å². The van der Waals surface area contributed by atoms with Crippen LogP contribution in [0.2, 0.25) is 0 Å². The topological polar surface area (TPSA) is 101 Å². The zero-order chi connectivity index (χ0) is 19.4. The molecule has 0 aromatic heterocycles. The molecule has 2 aromatic rings. The third kappa shape index (κ3) is 4.17. The molecular formula is C19H17N3O5. The third-order valence-electron chi connectivity index (χ3n) is 4.31. The second-order valence-corrected chi connectivity index (χ2v) is 6.14. The van der Waals surface area contributed by atoms with Crippen LogP contribution in [0.15, 0.2) is 54.6 Å². The Morgan fingerprint density at radius 3 is 2.30 bits per heavy atom. The lowest BCUT2D eigenvalue weighted by Crippen LogP contribution is -2.55. The van der Waals surface area contributed by atoms with Crippen LogP contribution >= 0.6 is 0 Å². The Morgan fingerprint density at radius 1 is 1.00 bits per heavy atom. The number of amides is 3. The molecule has 2 aromatic carbocycles. The number of imide groups is 1. The first-order valence-electron chi connectivity index (χ1n) is 8.36. The molecule has 3 rings (SSSR count). The Bertz CT molecular complexity index is 879. The SMILES string of the molecule is O=C(c1cccc([N+](=O)[O-])c1)N1CC(=O)N(CCc2ccccc2)C(=O)C1. The highest BCUT2D eigenvalue weighted by Gasteiger charge is 2.33. The number of carbonyl (C=O) groups excluding carboxylic acids is 3. The number of hydrogen-bond acceptors (Lipinski definition) is 5. The van der Waals surface area contributed by atoms with Crippen molar-refractivity contribution in [2.75, 3.05) is 19.6 Å². The van der Waals surface area contributed by atoms with E-state index in [9.17, 15) is 24.5 Å². The Kier molecular flexibility index (Phi) is 5.25. The average molecular weight is 367 g/mol. The third-order valence-corrected chi connectivity index (χ3v) is 4.31. The van der Waals surface area contributed by atoms with Gasteiger partial charge in [-0.3, -0.25) is 29.4 Å². The van der Waals surface area contributed by atoms with Gasteiger partial charge in [-0.2, -0.15) is 0 Å². The van der Waals surface area contributed by atoms with Crippen molar-refractivity contribution in [3.63, 3.8) is 0 Å². The molecule has 0 spiro atoms. The molecule has 27 heavy (non-hydrogen) atoms. The second kappa shape index (κ2) is 7.77. The summed E-state index contributed by atoms with van der Waals surface area (Å²) in [6.45, 7) is -0.218. The second-order valence-electron chi connectivity index (χ2n) is 6.14. The van der Waals surface area contributed by atoms with Gasteiger partial charge in [-0.1, -0.05) is 36.4 Å². The lowest BCUT2D eigenvalue weighted by Gasteiger charge is -2.32. The van der Waals surface area contributed by atoms with Gasteiger partial charge in [-0.25, -0.2) is 0 Å². The number of non-ortho nitro benzene ring substituents is 1. The molecule has 1 fully saturated rings. The molecule has 8 nitrogen and oxygen atoms in total. The van der Waals surface area contributed by atoms with E-state index in [4.69, 9.17) is 0 Å². The maximum Gasteiger partial charge on any atom is 0.270 e. The van der Waals surface area contributed by atoms with Crippen LogP contribution in [0.3, 0.4) is 0 Å². The molecule has 0 radical (unpaired) electrons. The van der Waals surface area contributed by atoms with Gasteiger partial charge in [0, 0.05) is 24.2 Å². The van der Waals surface area contributed by atoms with Gasteiger partial charge in [0.15, 0.2) is 0 Å². The fraction of sp³-hybridized carbons (Fsp3) is 0.211. The molecule has 1 aliphatic rings. The molecule has 0 saturated carbocycles. The van der Waals surface area contributed by atoms with Crippen LogP contribution in [0, 0.1) is 10.1 Å². The summed E-state index contributed by atoms with van der Waals surface area (Å²) in [6.07, 6.45) is 0.539. The molecule has 1 heterocycles. The normalized spacial score (nSPS) is 14.4. The van der Waals surface area contributed by atoms with Gasteiger partial charge < -0.3 is 4.90 Å². The molecule has 1 aliphatic heterocycles. The Hall–Kier alpha value is -3.55. The van der Waals surface area contributed by atoms with Crippen LogP contribution in [0.25, 0.3) is 0 Å². The van der Waals surface area contributed by atoms with Crippen molar-refractivity contribution in [2.45, 2.75) is 6.42 Å². The summed E-state index contributed by atoms with van der Waals surface area (Å²) >= 11 is 0. The maximum absolute atomic E-state index is 12.5. The molecule has 0 atom stereocenters. The first-order chi connectivity index (χ1) is 13.0. The molecule has 1 saturated heterocycles. The Morgan fingerprint density at radius 2 is 1.67 bits per heavy atom. The van der Waals surface area contributed by atoms with Crippen molar-refractivity contribution < 1.29 is 19.3 Å². The fourth-order valence-corrected chi connectivity index (χ4v) is 2.91. The van der Waals surface area contributed by atoms with Crippen molar-refractivity contribution in [2.24, 2.45) is 0 Å². The van der Waals surface area contributed by atoms with Crippen molar-refractivity contribution in [3.05, 3.63) is 75.8 Å². The van der Waals surface area contributed by atoms with Gasteiger partial charge >= 0.3 is 0 Å². The first kappa shape index (κ1) is 18.2. The van der Waals surface area contributed by atoms with Crippen molar-refractivity contribution in [1.82, 2.24) is 9.80 Å². The van der Waals surface area contributed by atoms with E-state index in [2.05, 4.69) is 0 Å². The molecule has 0 bridgehead atoms. The van der Waals surface area contributed by atoms with Crippen molar-refractivity contribution in [1.29, 1.82) is 0 Å². The highest BCUT2D eigenvalue weighted by molar-refractivity contribution is 6.05. The van der Waals surface area contributed by atoms with E-state index >= 15 is 0 Å². The molecule has 0 aliphatic carbocycles. The van der Waals surface area contributed by atoms with Crippen molar-refractivity contribution >= 4 is 23.4 Å². The summed E-state index contributed by atoms with van der Waals surface area (Å²) in [5.74, 6) is -1.50. The Balaban J connectivity index is 1.66. The zero-order valence-electron chi connectivity index (χ0n) is 14.4. The predicted octanol–water partition coefficient (Wildman–Crippen LogP) is 1.65. The molecule has 0 unspecified atom stereocenters. The minimum atomic E-state index is -0.603. The van der Waals surface area contributed by atoms with E-state index in [1.54, 1.807) is 0 Å². The number of nitrogens with zero attached hydrogens (tertiary/aromatic N) is 3. The number of nitro benzene ring substituents is 1. The van der Waals surface area contributed by atoms with Crippen LogP contribution < -0.4 is 0 Å². The van der Waals surface area contributed by atoms with E-state index in [0.717, 1.165) is 21.4 Å². The lowest BCUT2D eigenvalue weighted by atomic mass is 10.1. The molecule has 138 valence electrons. The van der Waals surface area contributed by atoms with Gasteiger partial charge in [0.2, 0.25) is 11.8 Å². The summed E-state index contributed by atoms with van der Waals surface area (Å²) in [5.41, 5.74) is 0.857. The first-order valence-corrected chi connectivity index (χ1v) is 8.36. The Labute approximate surface area is 155 Å². The van der Waals surface area contributed by atoms with E-state index in [1.165, 1.54) is 18.2 Å². The molecule has 3 amide bonds. The fourth-order valence-electron chi connectivity index (χ4n) is 2.91. The highest BCUT2D eigenvalue weighted by Crippen LogP contribution is 2.17. The molecule has 0 N–H and O–H groups in total. The summed E-state index contributed by atoms with van der Waals surface area (Å²) in [4.78, 5) is 49.8. The number of rotatable bonds is 5. The van der Waals surface area contributed by atoms with Gasteiger partial charge in [-0.15, -0.1) is 0 Å². The highest BCUT2D eigenvalue weighted by atomic mass is 16.6. The maximum atomic E-state index is 12.5. The summed E-state index contributed by atoms with van der Waals surface area (Å²) in [6, 6.07) is 14.7. The van der Waals surface area contributed by atoms with Gasteiger partial charge in [-0.05, 0) is 18.1 Å². The van der Waals surface area contributed by atoms with Crippen LogP contribution in [-0.4, -0.2) is 52.1 Å². The monoisotopic (exact) mass is 367 g/mol. The van der Waals surface area contributed by atoms with Gasteiger partial charge in [0.25, 0.3) is 11.6 Å². The van der Waals surface area contributed by atoms with E-state index < -0.39 is 22.6 Å². The van der Waals surface area contributed by atoms with E-state index in [-0.39, 0.29) is 30.9 Å². The summed E-state index contributed by atoms with van der Waals surface area (Å²) in [5, 5.41) is 10.9. The summed E-state index contributed by atoms with van der Waals surface area (Å²) < 4.78 is 0. The van der Waals surface area contributed by atoms with Crippen LogP contribution in [-0.2, 0) is 16.0 Å².